The number of amides is 1. The van der Waals surface area contributed by atoms with Crippen LogP contribution in [0.5, 0.6) is 0 Å². The number of hydrogen-bond acceptors (Lipinski definition) is 5. The summed E-state index contributed by atoms with van der Waals surface area (Å²) in [6.45, 7) is 3.11. The fourth-order valence-electron chi connectivity index (χ4n) is 3.80. The maximum atomic E-state index is 12.2. The van der Waals surface area contributed by atoms with Gasteiger partial charge in [-0.2, -0.15) is 4.98 Å². The topological polar surface area (TPSA) is 85.8 Å². The van der Waals surface area contributed by atoms with Crippen LogP contribution in [0.4, 0.5) is 0 Å². The van der Waals surface area contributed by atoms with E-state index in [2.05, 4.69) is 25.0 Å². The highest BCUT2D eigenvalue weighted by Gasteiger charge is 2.22. The molecule has 0 unspecified atom stereocenters. The minimum Gasteiger partial charge on any atom is -0.356 e. The van der Waals surface area contributed by atoms with Crippen molar-refractivity contribution in [3.05, 3.63) is 41.8 Å². The van der Waals surface area contributed by atoms with E-state index in [1.54, 1.807) is 0 Å². The number of imidazole rings is 1. The van der Waals surface area contributed by atoms with Crippen molar-refractivity contribution in [2.75, 3.05) is 6.54 Å². The lowest BCUT2D eigenvalue weighted by molar-refractivity contribution is -0.121. The maximum Gasteiger partial charge on any atom is 0.229 e. The van der Waals surface area contributed by atoms with Gasteiger partial charge in [-0.25, -0.2) is 4.98 Å². The van der Waals surface area contributed by atoms with Crippen molar-refractivity contribution in [3.63, 3.8) is 0 Å². The Kier molecular flexibility index (Phi) is 5.18. The third kappa shape index (κ3) is 4.02. The lowest BCUT2D eigenvalue weighted by Gasteiger charge is -2.07. The summed E-state index contributed by atoms with van der Waals surface area (Å²) in [4.78, 5) is 21.2. The van der Waals surface area contributed by atoms with Gasteiger partial charge in [0.2, 0.25) is 11.8 Å². The van der Waals surface area contributed by atoms with Crippen molar-refractivity contribution in [1.29, 1.82) is 0 Å². The zero-order chi connectivity index (χ0) is 18.6. The fraction of sp³-hybridized carbons (Fsp3) is 0.500. The molecule has 3 aromatic rings. The first kappa shape index (κ1) is 17.7. The molecule has 1 fully saturated rings. The van der Waals surface area contributed by atoms with Gasteiger partial charge in [0.1, 0.15) is 5.82 Å². The van der Waals surface area contributed by atoms with Gasteiger partial charge in [-0.3, -0.25) is 4.79 Å². The summed E-state index contributed by atoms with van der Waals surface area (Å²) in [7, 11) is 0. The maximum absolute atomic E-state index is 12.2. The molecule has 1 saturated carbocycles. The number of hydrogen-bond donors (Lipinski definition) is 1. The van der Waals surface area contributed by atoms with Gasteiger partial charge in [-0.1, -0.05) is 30.1 Å². The molecule has 0 saturated heterocycles. The molecule has 142 valence electrons. The van der Waals surface area contributed by atoms with Crippen molar-refractivity contribution in [2.24, 2.45) is 0 Å². The average Bonchev–Trinajstić information content (AvgIpc) is 3.39. The Morgan fingerprint density at radius 3 is 2.93 bits per heavy atom. The second-order valence-electron chi connectivity index (χ2n) is 7.18. The number of fused-ring (bicyclic) bond motifs is 1. The van der Waals surface area contributed by atoms with E-state index in [9.17, 15) is 4.79 Å². The molecule has 2 heterocycles. The van der Waals surface area contributed by atoms with Gasteiger partial charge in [-0.05, 0) is 31.9 Å². The SMILES string of the molecule is Cc1nc2ccccc2n1CCC(=O)NCCc1noc(C2CCCC2)n1. The molecule has 4 rings (SSSR count). The highest BCUT2D eigenvalue weighted by atomic mass is 16.5. The van der Waals surface area contributed by atoms with Gasteiger partial charge in [0.15, 0.2) is 5.82 Å². The van der Waals surface area contributed by atoms with Crippen LogP contribution in [0.15, 0.2) is 28.8 Å². The van der Waals surface area contributed by atoms with E-state index in [0.717, 1.165) is 35.6 Å². The normalized spacial score (nSPS) is 14.9. The molecule has 7 nitrogen and oxygen atoms in total. The minimum absolute atomic E-state index is 0.0201. The average molecular weight is 367 g/mol. The summed E-state index contributed by atoms with van der Waals surface area (Å²) >= 11 is 0. The van der Waals surface area contributed by atoms with E-state index in [1.165, 1.54) is 12.8 Å². The molecule has 0 radical (unpaired) electrons. The van der Waals surface area contributed by atoms with Crippen LogP contribution < -0.4 is 5.32 Å². The minimum atomic E-state index is 0.0201. The van der Waals surface area contributed by atoms with Crippen LogP contribution in [0.1, 0.15) is 55.6 Å². The quantitative estimate of drug-likeness (QED) is 0.693. The Balaban J connectivity index is 1.24. The number of aromatic nitrogens is 4. The van der Waals surface area contributed by atoms with Crippen LogP contribution in [0.3, 0.4) is 0 Å². The van der Waals surface area contributed by atoms with E-state index < -0.39 is 0 Å². The van der Waals surface area contributed by atoms with Crippen molar-refractivity contribution in [1.82, 2.24) is 25.0 Å². The number of carbonyl (C=O) groups is 1. The Labute approximate surface area is 158 Å². The first-order valence-electron chi connectivity index (χ1n) is 9.72. The van der Waals surface area contributed by atoms with Gasteiger partial charge >= 0.3 is 0 Å². The zero-order valence-corrected chi connectivity index (χ0v) is 15.6. The third-order valence-corrected chi connectivity index (χ3v) is 5.27. The molecule has 0 atom stereocenters. The summed E-state index contributed by atoms with van der Waals surface area (Å²) in [6.07, 6.45) is 5.77. The number of carbonyl (C=O) groups excluding carboxylic acids is 1. The number of nitrogens with zero attached hydrogens (tertiary/aromatic N) is 4. The molecule has 0 bridgehead atoms. The number of benzene rings is 1. The molecule has 0 spiro atoms. The van der Waals surface area contributed by atoms with E-state index in [1.807, 2.05) is 31.2 Å². The van der Waals surface area contributed by atoms with Crippen molar-refractivity contribution in [3.8, 4) is 0 Å². The first-order valence-corrected chi connectivity index (χ1v) is 9.72. The monoisotopic (exact) mass is 367 g/mol. The molecule has 7 heteroatoms. The second kappa shape index (κ2) is 7.90. The highest BCUT2D eigenvalue weighted by Crippen LogP contribution is 2.32. The summed E-state index contributed by atoms with van der Waals surface area (Å²) in [5.74, 6) is 2.81. The van der Waals surface area contributed by atoms with Crippen LogP contribution in [-0.4, -0.2) is 32.1 Å². The van der Waals surface area contributed by atoms with Gasteiger partial charge in [0.05, 0.1) is 11.0 Å². The van der Waals surface area contributed by atoms with Crippen LogP contribution >= 0.6 is 0 Å². The number of para-hydroxylation sites is 2. The van der Waals surface area contributed by atoms with Gasteiger partial charge in [0, 0.05) is 31.8 Å². The number of nitrogens with one attached hydrogen (secondary N) is 1. The van der Waals surface area contributed by atoms with Gasteiger partial charge < -0.3 is 14.4 Å². The Hall–Kier alpha value is -2.70. The van der Waals surface area contributed by atoms with Crippen LogP contribution in [-0.2, 0) is 17.8 Å². The van der Waals surface area contributed by atoms with E-state index in [0.29, 0.717) is 37.7 Å². The fourth-order valence-corrected chi connectivity index (χ4v) is 3.80. The Morgan fingerprint density at radius 2 is 2.07 bits per heavy atom. The summed E-state index contributed by atoms with van der Waals surface area (Å²) < 4.78 is 7.46. The number of aryl methyl sites for hydroxylation is 2. The molecule has 1 amide bonds. The third-order valence-electron chi connectivity index (χ3n) is 5.27. The summed E-state index contributed by atoms with van der Waals surface area (Å²) in [5.41, 5.74) is 2.03. The van der Waals surface area contributed by atoms with Gasteiger partial charge in [0.25, 0.3) is 0 Å². The second-order valence-corrected chi connectivity index (χ2v) is 7.18. The molecule has 1 aromatic carbocycles. The van der Waals surface area contributed by atoms with E-state index >= 15 is 0 Å². The molecule has 1 aliphatic rings. The largest absolute Gasteiger partial charge is 0.356 e. The smallest absolute Gasteiger partial charge is 0.229 e. The molecule has 0 aliphatic heterocycles. The van der Waals surface area contributed by atoms with Crippen molar-refractivity contribution < 1.29 is 9.32 Å². The number of rotatable bonds is 7. The van der Waals surface area contributed by atoms with Crippen molar-refractivity contribution >= 4 is 16.9 Å². The lowest BCUT2D eigenvalue weighted by Crippen LogP contribution is -2.27. The van der Waals surface area contributed by atoms with E-state index in [4.69, 9.17) is 4.52 Å². The standard InChI is InChI=1S/C20H25N5O2/c1-14-22-16-8-4-5-9-17(16)25(14)13-11-19(26)21-12-10-18-23-20(27-24-18)15-6-2-3-7-15/h4-5,8-9,15H,2-3,6-7,10-13H2,1H3,(H,21,26). The molecule has 1 aliphatic carbocycles. The summed E-state index contributed by atoms with van der Waals surface area (Å²) in [6, 6.07) is 7.99. The van der Waals surface area contributed by atoms with Crippen LogP contribution in [0.2, 0.25) is 0 Å². The summed E-state index contributed by atoms with van der Waals surface area (Å²) in [5, 5.41) is 6.99. The van der Waals surface area contributed by atoms with Crippen LogP contribution in [0.25, 0.3) is 11.0 Å². The van der Waals surface area contributed by atoms with E-state index in [-0.39, 0.29) is 5.91 Å². The first-order chi connectivity index (χ1) is 13.2. The predicted molar refractivity (Wildman–Crippen MR) is 101 cm³/mol. The molecular weight excluding hydrogens is 342 g/mol. The molecular formula is C20H25N5O2. The molecule has 2 aromatic heterocycles. The lowest BCUT2D eigenvalue weighted by atomic mass is 10.1. The predicted octanol–water partition coefficient (Wildman–Crippen LogP) is 3.13. The molecule has 1 N–H and O–H groups in total. The Bertz CT molecular complexity index is 923. The van der Waals surface area contributed by atoms with Gasteiger partial charge in [-0.15, -0.1) is 0 Å². The Morgan fingerprint density at radius 1 is 1.26 bits per heavy atom. The van der Waals surface area contributed by atoms with Crippen molar-refractivity contribution in [2.45, 2.75) is 57.9 Å². The van der Waals surface area contributed by atoms with Crippen LogP contribution in [0, 0.1) is 6.92 Å². The molecule has 27 heavy (non-hydrogen) atoms. The highest BCUT2D eigenvalue weighted by molar-refractivity contribution is 5.77. The zero-order valence-electron chi connectivity index (χ0n) is 15.6.